The van der Waals surface area contributed by atoms with Crippen molar-refractivity contribution in [2.75, 3.05) is 17.2 Å². The monoisotopic (exact) mass is 478 g/mol. The van der Waals surface area contributed by atoms with Gasteiger partial charge in [0.05, 0.1) is 6.54 Å². The molecule has 0 fully saturated rings. The molecule has 3 rings (SSSR count). The van der Waals surface area contributed by atoms with Crippen LogP contribution >= 0.6 is 0 Å². The molecule has 1 amide bonds. The van der Waals surface area contributed by atoms with Gasteiger partial charge in [0.25, 0.3) is 11.5 Å². The molecule has 0 bridgehead atoms. The number of aromatic amines is 1. The topological polar surface area (TPSA) is 110 Å². The Hall–Kier alpha value is -3.81. The summed E-state index contributed by atoms with van der Waals surface area (Å²) in [5.74, 6) is 0.445. The minimum Gasteiger partial charge on any atom is -0.483 e. The van der Waals surface area contributed by atoms with Gasteiger partial charge in [0.1, 0.15) is 11.6 Å². The number of ether oxygens (including phenoxy) is 1. The van der Waals surface area contributed by atoms with E-state index in [2.05, 4.69) is 18.8 Å². The Morgan fingerprint density at radius 3 is 2.51 bits per heavy atom. The Morgan fingerprint density at radius 2 is 1.86 bits per heavy atom. The Kier molecular flexibility index (Phi) is 8.52. The van der Waals surface area contributed by atoms with Gasteiger partial charge < -0.3 is 10.5 Å². The lowest BCUT2D eigenvalue weighted by Gasteiger charge is -2.25. The van der Waals surface area contributed by atoms with Gasteiger partial charge in [-0.15, -0.1) is 0 Å². The third kappa shape index (κ3) is 6.20. The molecule has 0 aliphatic carbocycles. The number of unbranched alkanes of at least 4 members (excludes halogenated alkanes) is 1. The molecule has 8 heteroatoms. The summed E-state index contributed by atoms with van der Waals surface area (Å²) in [6, 6.07) is 15.2. The molecule has 186 valence electrons. The zero-order valence-corrected chi connectivity index (χ0v) is 20.8. The summed E-state index contributed by atoms with van der Waals surface area (Å²) in [7, 11) is 0. The first-order valence-corrected chi connectivity index (χ1v) is 11.9. The van der Waals surface area contributed by atoms with Crippen LogP contribution in [-0.2, 0) is 17.9 Å². The van der Waals surface area contributed by atoms with Crippen molar-refractivity contribution in [2.45, 2.75) is 59.5 Å². The lowest BCUT2D eigenvalue weighted by molar-refractivity contribution is -0.120. The molecule has 0 saturated heterocycles. The summed E-state index contributed by atoms with van der Waals surface area (Å²) < 4.78 is 7.22. The number of anilines is 2. The summed E-state index contributed by atoms with van der Waals surface area (Å²) in [5.41, 5.74) is 7.78. The molecule has 1 heterocycles. The van der Waals surface area contributed by atoms with Crippen molar-refractivity contribution in [3.63, 3.8) is 0 Å². The first-order valence-electron chi connectivity index (χ1n) is 11.9. The second kappa shape index (κ2) is 11.6. The van der Waals surface area contributed by atoms with Gasteiger partial charge in [0, 0.05) is 6.54 Å². The molecule has 0 spiro atoms. The maximum Gasteiger partial charge on any atom is 0.330 e. The van der Waals surface area contributed by atoms with Crippen molar-refractivity contribution < 1.29 is 9.53 Å². The van der Waals surface area contributed by atoms with Crippen LogP contribution in [0.4, 0.5) is 11.5 Å². The number of benzene rings is 2. The van der Waals surface area contributed by atoms with Crippen LogP contribution in [0.25, 0.3) is 0 Å². The van der Waals surface area contributed by atoms with Crippen molar-refractivity contribution in [1.82, 2.24) is 9.55 Å². The molecule has 3 aromatic rings. The molecule has 35 heavy (non-hydrogen) atoms. The highest BCUT2D eigenvalue weighted by Gasteiger charge is 2.25. The highest BCUT2D eigenvalue weighted by molar-refractivity contribution is 5.96. The van der Waals surface area contributed by atoms with Gasteiger partial charge in [-0.1, -0.05) is 69.7 Å². The SMILES string of the molecule is CCCCn1c(N)c(N(Cc2ccccc2)C(=O)COc2cc(C(C)C)ccc2C)c(=O)[nH]c1=O. The maximum absolute atomic E-state index is 13.5. The van der Waals surface area contributed by atoms with Gasteiger partial charge in [0.2, 0.25) is 0 Å². The van der Waals surface area contributed by atoms with E-state index in [1.165, 1.54) is 9.47 Å². The lowest BCUT2D eigenvalue weighted by Crippen LogP contribution is -2.42. The van der Waals surface area contributed by atoms with Crippen LogP contribution in [-0.4, -0.2) is 22.1 Å². The predicted octanol–water partition coefficient (Wildman–Crippen LogP) is 3.96. The van der Waals surface area contributed by atoms with Gasteiger partial charge in [-0.2, -0.15) is 0 Å². The summed E-state index contributed by atoms with van der Waals surface area (Å²) in [6.07, 6.45) is 1.55. The smallest absolute Gasteiger partial charge is 0.330 e. The van der Waals surface area contributed by atoms with E-state index in [0.717, 1.165) is 23.1 Å². The minimum atomic E-state index is -0.706. The van der Waals surface area contributed by atoms with Crippen molar-refractivity contribution >= 4 is 17.4 Å². The summed E-state index contributed by atoms with van der Waals surface area (Å²) >= 11 is 0. The number of hydrogen-bond donors (Lipinski definition) is 2. The van der Waals surface area contributed by atoms with Crippen LogP contribution in [0.2, 0.25) is 0 Å². The Morgan fingerprint density at radius 1 is 1.14 bits per heavy atom. The zero-order valence-electron chi connectivity index (χ0n) is 20.8. The molecule has 0 unspecified atom stereocenters. The van der Waals surface area contributed by atoms with Crippen LogP contribution in [0, 0.1) is 6.92 Å². The largest absolute Gasteiger partial charge is 0.483 e. The fourth-order valence-corrected chi connectivity index (χ4v) is 3.78. The summed E-state index contributed by atoms with van der Waals surface area (Å²) in [6.45, 7) is 8.24. The van der Waals surface area contributed by atoms with Crippen LogP contribution in [0.3, 0.4) is 0 Å². The standard InChI is InChI=1S/C27H34N4O4/c1-5-6-14-30-25(28)24(26(33)29-27(30)34)31(16-20-10-8-7-9-11-20)23(32)17-35-22-15-21(18(2)3)13-12-19(22)4/h7-13,15,18H,5-6,14,16-17,28H2,1-4H3,(H,29,33,34). The number of nitrogens with two attached hydrogens (primary N) is 1. The van der Waals surface area contributed by atoms with Crippen molar-refractivity contribution in [3.8, 4) is 5.75 Å². The second-order valence-electron chi connectivity index (χ2n) is 8.93. The molecular formula is C27H34N4O4. The van der Waals surface area contributed by atoms with Crippen LogP contribution in [0.15, 0.2) is 58.1 Å². The molecule has 8 nitrogen and oxygen atoms in total. The number of rotatable bonds is 10. The van der Waals surface area contributed by atoms with E-state index in [-0.39, 0.29) is 24.7 Å². The molecule has 0 saturated carbocycles. The van der Waals surface area contributed by atoms with Crippen molar-refractivity contribution in [3.05, 3.63) is 86.1 Å². The Balaban J connectivity index is 1.98. The van der Waals surface area contributed by atoms with E-state index >= 15 is 0 Å². The third-order valence-corrected chi connectivity index (χ3v) is 5.93. The maximum atomic E-state index is 13.5. The Labute approximate surface area is 205 Å². The molecule has 2 aromatic carbocycles. The highest BCUT2D eigenvalue weighted by atomic mass is 16.5. The number of nitrogens with zero attached hydrogens (tertiary/aromatic N) is 2. The molecule has 0 atom stereocenters. The number of H-pyrrole nitrogens is 1. The van der Waals surface area contributed by atoms with E-state index < -0.39 is 17.2 Å². The van der Waals surface area contributed by atoms with Gasteiger partial charge >= 0.3 is 5.69 Å². The number of carbonyl (C=O) groups excluding carboxylic acids is 1. The first kappa shape index (κ1) is 25.8. The van der Waals surface area contributed by atoms with Crippen LogP contribution < -0.4 is 26.6 Å². The second-order valence-corrected chi connectivity index (χ2v) is 8.93. The summed E-state index contributed by atoms with van der Waals surface area (Å²) in [4.78, 5) is 42.4. The number of nitrogens with one attached hydrogen (secondary N) is 1. The number of aromatic nitrogens is 2. The number of aryl methyl sites for hydroxylation is 1. The van der Waals surface area contributed by atoms with Gasteiger partial charge in [-0.3, -0.25) is 24.0 Å². The molecule has 1 aromatic heterocycles. The van der Waals surface area contributed by atoms with Crippen molar-refractivity contribution in [2.24, 2.45) is 0 Å². The third-order valence-electron chi connectivity index (χ3n) is 5.93. The van der Waals surface area contributed by atoms with E-state index in [1.54, 1.807) is 0 Å². The van der Waals surface area contributed by atoms with E-state index in [9.17, 15) is 14.4 Å². The molecule has 0 aliphatic rings. The van der Waals surface area contributed by atoms with Gasteiger partial charge in [0.15, 0.2) is 12.3 Å². The predicted molar refractivity (Wildman–Crippen MR) is 139 cm³/mol. The van der Waals surface area contributed by atoms with Gasteiger partial charge in [-0.25, -0.2) is 4.79 Å². The van der Waals surface area contributed by atoms with E-state index in [4.69, 9.17) is 10.5 Å². The van der Waals surface area contributed by atoms with Crippen molar-refractivity contribution in [1.29, 1.82) is 0 Å². The molecule has 3 N–H and O–H groups in total. The number of nitrogen functional groups attached to an aromatic ring is 1. The quantitative estimate of drug-likeness (QED) is 0.458. The first-order chi connectivity index (χ1) is 16.7. The minimum absolute atomic E-state index is 0.0329. The molecule has 0 aliphatic heterocycles. The lowest BCUT2D eigenvalue weighted by atomic mass is 10.0. The molecular weight excluding hydrogens is 444 g/mol. The Bertz CT molecular complexity index is 1280. The average Bonchev–Trinajstić information content (AvgIpc) is 2.83. The number of hydrogen-bond acceptors (Lipinski definition) is 5. The normalized spacial score (nSPS) is 11.0. The van der Waals surface area contributed by atoms with Crippen LogP contribution in [0.1, 0.15) is 56.2 Å². The zero-order chi connectivity index (χ0) is 25.5. The summed E-state index contributed by atoms with van der Waals surface area (Å²) in [5, 5.41) is 0. The average molecular weight is 479 g/mol. The number of carbonyl (C=O) groups is 1. The van der Waals surface area contributed by atoms with E-state index in [1.807, 2.05) is 62.4 Å². The molecule has 0 radical (unpaired) electrons. The van der Waals surface area contributed by atoms with E-state index in [0.29, 0.717) is 24.6 Å². The fraction of sp³-hybridized carbons (Fsp3) is 0.370. The fourth-order valence-electron chi connectivity index (χ4n) is 3.78. The van der Waals surface area contributed by atoms with Crippen LogP contribution in [0.5, 0.6) is 5.75 Å². The number of amides is 1. The van der Waals surface area contributed by atoms with Gasteiger partial charge in [-0.05, 0) is 42.0 Å². The highest BCUT2D eigenvalue weighted by Crippen LogP contribution is 2.25.